The summed E-state index contributed by atoms with van der Waals surface area (Å²) in [6, 6.07) is 9.73. The molecule has 1 aromatic heterocycles. The number of nitrogens with one attached hydrogen (secondary N) is 1. The van der Waals surface area contributed by atoms with Gasteiger partial charge in [-0.2, -0.15) is 18.4 Å². The molecule has 0 fully saturated rings. The van der Waals surface area contributed by atoms with Crippen LogP contribution < -0.4 is 5.32 Å². The van der Waals surface area contributed by atoms with E-state index in [9.17, 15) is 18.0 Å². The summed E-state index contributed by atoms with van der Waals surface area (Å²) in [6.07, 6.45) is -2.71. The Morgan fingerprint density at radius 2 is 1.85 bits per heavy atom. The Hall–Kier alpha value is -2.79. The molecule has 0 unspecified atom stereocenters. The monoisotopic (exact) mass is 379 g/mol. The van der Waals surface area contributed by atoms with Crippen LogP contribution in [0.3, 0.4) is 0 Å². The summed E-state index contributed by atoms with van der Waals surface area (Å²) in [6.45, 7) is 4.32. The van der Waals surface area contributed by atoms with Crippen LogP contribution in [0.1, 0.15) is 42.3 Å². The van der Waals surface area contributed by atoms with E-state index in [1.807, 2.05) is 26.8 Å². The van der Waals surface area contributed by atoms with E-state index in [1.54, 1.807) is 16.8 Å². The Bertz CT molecular complexity index is 841. The number of halogens is 3. The lowest BCUT2D eigenvalue weighted by molar-refractivity contribution is -0.176. The van der Waals surface area contributed by atoms with Crippen molar-refractivity contribution in [2.45, 2.75) is 39.1 Å². The number of amides is 1. The molecule has 0 aliphatic rings. The highest BCUT2D eigenvalue weighted by Crippen LogP contribution is 2.24. The van der Waals surface area contributed by atoms with E-state index in [-0.39, 0.29) is 18.1 Å². The van der Waals surface area contributed by atoms with Gasteiger partial charge in [-0.05, 0) is 44.5 Å². The number of hydrogen-bond donors (Lipinski definition) is 1. The lowest BCUT2D eigenvalue weighted by atomic mass is 10.1. The van der Waals surface area contributed by atoms with Crippen molar-refractivity contribution < 1.29 is 22.7 Å². The largest absolute Gasteiger partial charge is 0.411 e. The molecule has 0 aliphatic heterocycles. The highest BCUT2D eigenvalue weighted by molar-refractivity contribution is 6.04. The minimum atomic E-state index is -4.37. The number of nitriles is 1. The van der Waals surface area contributed by atoms with Crippen molar-refractivity contribution in [3.63, 3.8) is 0 Å². The molecule has 0 aliphatic carbocycles. The van der Waals surface area contributed by atoms with Crippen LogP contribution in [0.15, 0.2) is 36.5 Å². The number of nitrogens with zero attached hydrogens (tertiary/aromatic N) is 2. The van der Waals surface area contributed by atoms with Crippen molar-refractivity contribution in [1.82, 2.24) is 4.57 Å². The van der Waals surface area contributed by atoms with Crippen molar-refractivity contribution in [1.29, 1.82) is 5.26 Å². The van der Waals surface area contributed by atoms with Gasteiger partial charge in [-0.1, -0.05) is 12.1 Å². The minimum Gasteiger partial charge on any atom is -0.367 e. The van der Waals surface area contributed by atoms with Gasteiger partial charge in [-0.15, -0.1) is 0 Å². The summed E-state index contributed by atoms with van der Waals surface area (Å²) in [5.74, 6) is 0.104. The van der Waals surface area contributed by atoms with Gasteiger partial charge in [0.1, 0.15) is 18.5 Å². The van der Waals surface area contributed by atoms with Crippen LogP contribution in [0, 0.1) is 11.3 Å². The molecule has 2 aromatic rings. The minimum absolute atomic E-state index is 0.195. The van der Waals surface area contributed by atoms with Crippen molar-refractivity contribution in [2.75, 3.05) is 11.9 Å². The molecule has 5 nitrogen and oxygen atoms in total. The van der Waals surface area contributed by atoms with Crippen LogP contribution in [0.2, 0.25) is 0 Å². The molecule has 0 spiro atoms. The molecule has 1 amide bonds. The predicted octanol–water partition coefficient (Wildman–Crippen LogP) is 4.45. The number of alkyl halides is 3. The number of carbonyl (C=O) groups excluding carboxylic acids is 1. The smallest absolute Gasteiger partial charge is 0.367 e. The number of ether oxygens (including phenoxy) is 1. The van der Waals surface area contributed by atoms with E-state index < -0.39 is 12.8 Å². The van der Waals surface area contributed by atoms with Crippen LogP contribution in [-0.2, 0) is 16.9 Å². The molecule has 1 heterocycles. The quantitative estimate of drug-likeness (QED) is 0.835. The van der Waals surface area contributed by atoms with Gasteiger partial charge in [0.25, 0.3) is 5.91 Å². The van der Waals surface area contributed by atoms with Crippen molar-refractivity contribution in [2.24, 2.45) is 0 Å². The first-order valence-corrected chi connectivity index (χ1v) is 8.17. The highest BCUT2D eigenvalue weighted by atomic mass is 19.4. The molecule has 8 heteroatoms. The fourth-order valence-electron chi connectivity index (χ4n) is 2.40. The Balaban J connectivity index is 2.07. The van der Waals surface area contributed by atoms with Gasteiger partial charge in [0, 0.05) is 17.3 Å². The molecular weight excluding hydrogens is 359 g/mol. The van der Waals surface area contributed by atoms with E-state index in [0.29, 0.717) is 22.5 Å². The number of hydrogen-bond acceptors (Lipinski definition) is 3. The van der Waals surface area contributed by atoms with Crippen molar-refractivity contribution >= 4 is 11.7 Å². The average molecular weight is 379 g/mol. The van der Waals surface area contributed by atoms with Gasteiger partial charge in [-0.3, -0.25) is 4.79 Å². The third kappa shape index (κ3) is 5.86. The average Bonchev–Trinajstić information content (AvgIpc) is 2.97. The molecule has 0 bridgehead atoms. The fraction of sp³-hybridized carbons (Fsp3) is 0.368. The van der Waals surface area contributed by atoms with Crippen LogP contribution in [0.5, 0.6) is 0 Å². The second-order valence-corrected chi connectivity index (χ2v) is 7.03. The third-order valence-corrected chi connectivity index (χ3v) is 3.66. The number of carbonyl (C=O) groups is 1. The number of anilines is 1. The Morgan fingerprint density at radius 3 is 2.37 bits per heavy atom. The van der Waals surface area contributed by atoms with E-state index in [0.717, 1.165) is 0 Å². The van der Waals surface area contributed by atoms with Crippen LogP contribution in [-0.4, -0.2) is 23.3 Å². The Labute approximate surface area is 155 Å². The molecular formula is C19H20F3N3O2. The summed E-state index contributed by atoms with van der Waals surface area (Å²) >= 11 is 0. The molecule has 1 aromatic carbocycles. The molecule has 0 saturated carbocycles. The van der Waals surface area contributed by atoms with Crippen molar-refractivity contribution in [3.8, 4) is 6.07 Å². The second-order valence-electron chi connectivity index (χ2n) is 7.03. The molecule has 27 heavy (non-hydrogen) atoms. The van der Waals surface area contributed by atoms with Crippen LogP contribution in [0.25, 0.3) is 0 Å². The van der Waals surface area contributed by atoms with Crippen LogP contribution in [0.4, 0.5) is 19.0 Å². The molecule has 2 rings (SSSR count). The zero-order chi connectivity index (χ0) is 20.2. The Morgan fingerprint density at radius 1 is 1.22 bits per heavy atom. The second kappa shape index (κ2) is 7.84. The zero-order valence-corrected chi connectivity index (χ0v) is 15.2. The first-order valence-electron chi connectivity index (χ1n) is 8.17. The van der Waals surface area contributed by atoms with Gasteiger partial charge in [0.2, 0.25) is 0 Å². The molecule has 0 atom stereocenters. The summed E-state index contributed by atoms with van der Waals surface area (Å²) in [5, 5.41) is 11.8. The molecule has 0 saturated heterocycles. The van der Waals surface area contributed by atoms with Gasteiger partial charge < -0.3 is 14.6 Å². The first kappa shape index (κ1) is 20.5. The molecule has 1 N–H and O–H groups in total. The Kier molecular flexibility index (Phi) is 5.96. The van der Waals surface area contributed by atoms with E-state index in [1.165, 1.54) is 24.3 Å². The van der Waals surface area contributed by atoms with Gasteiger partial charge in [0.15, 0.2) is 0 Å². The predicted molar refractivity (Wildman–Crippen MR) is 94.2 cm³/mol. The summed E-state index contributed by atoms with van der Waals surface area (Å²) in [7, 11) is 0. The summed E-state index contributed by atoms with van der Waals surface area (Å²) in [4.78, 5) is 12.5. The lowest BCUT2D eigenvalue weighted by Gasteiger charge is -2.24. The highest BCUT2D eigenvalue weighted by Gasteiger charge is 2.27. The van der Waals surface area contributed by atoms with Gasteiger partial charge in [0.05, 0.1) is 12.2 Å². The maximum atomic E-state index is 12.5. The lowest BCUT2D eigenvalue weighted by Crippen LogP contribution is -2.24. The zero-order valence-electron chi connectivity index (χ0n) is 15.2. The van der Waals surface area contributed by atoms with E-state index >= 15 is 0 Å². The maximum absolute atomic E-state index is 12.5. The van der Waals surface area contributed by atoms with Gasteiger partial charge in [-0.25, -0.2) is 0 Å². The topological polar surface area (TPSA) is 67.0 Å². The van der Waals surface area contributed by atoms with E-state index in [2.05, 4.69) is 10.1 Å². The number of aromatic nitrogens is 1. The van der Waals surface area contributed by atoms with E-state index in [4.69, 9.17) is 5.26 Å². The van der Waals surface area contributed by atoms with Crippen molar-refractivity contribution in [3.05, 3.63) is 53.2 Å². The summed E-state index contributed by atoms with van der Waals surface area (Å²) in [5.41, 5.74) is 0.963. The first-order chi connectivity index (χ1) is 12.5. The SMILES string of the molecule is CC(C)(C)n1cc(C#N)cc1NC(=O)c1ccc(COCC(F)(F)F)cc1. The number of rotatable bonds is 5. The van der Waals surface area contributed by atoms with Gasteiger partial charge >= 0.3 is 6.18 Å². The normalized spacial score (nSPS) is 11.9. The maximum Gasteiger partial charge on any atom is 0.411 e. The molecule has 144 valence electrons. The third-order valence-electron chi connectivity index (χ3n) is 3.66. The number of benzene rings is 1. The standard InChI is InChI=1S/C19H20F3N3O2/c1-18(2,3)25-10-14(9-23)8-16(25)24-17(26)15-6-4-13(5-7-15)11-27-12-19(20,21)22/h4-8,10H,11-12H2,1-3H3,(H,24,26). The molecule has 0 radical (unpaired) electrons. The fourth-order valence-corrected chi connectivity index (χ4v) is 2.40. The summed E-state index contributed by atoms with van der Waals surface area (Å²) < 4.78 is 42.6. The van der Waals surface area contributed by atoms with Crippen LogP contribution >= 0.6 is 0 Å².